The Morgan fingerprint density at radius 2 is 1.50 bits per heavy atom. The summed E-state index contributed by atoms with van der Waals surface area (Å²) < 4.78 is 27.5. The van der Waals surface area contributed by atoms with Gasteiger partial charge in [-0.05, 0) is 42.3 Å². The summed E-state index contributed by atoms with van der Waals surface area (Å²) in [6.07, 6.45) is 0.479. The van der Waals surface area contributed by atoms with Gasteiger partial charge in [0.1, 0.15) is 0 Å². The SMILES string of the molecule is O=C(CN(CCc1ccccc1)S(=O)(=O)c1ccccc1)Nc1ccc(Cl)c(Cl)c1. The van der Waals surface area contributed by atoms with Gasteiger partial charge in [-0.3, -0.25) is 4.79 Å². The Morgan fingerprint density at radius 1 is 0.867 bits per heavy atom. The van der Waals surface area contributed by atoms with Gasteiger partial charge in [0.25, 0.3) is 0 Å². The number of sulfonamides is 1. The zero-order valence-corrected chi connectivity index (χ0v) is 18.3. The van der Waals surface area contributed by atoms with Crippen LogP contribution in [0.1, 0.15) is 5.56 Å². The number of hydrogen-bond donors (Lipinski definition) is 1. The molecule has 0 aliphatic heterocycles. The monoisotopic (exact) mass is 462 g/mol. The van der Waals surface area contributed by atoms with Crippen molar-refractivity contribution < 1.29 is 13.2 Å². The molecule has 1 N–H and O–H groups in total. The fraction of sp³-hybridized carbons (Fsp3) is 0.136. The summed E-state index contributed by atoms with van der Waals surface area (Å²) in [7, 11) is -3.85. The van der Waals surface area contributed by atoms with Crippen molar-refractivity contribution in [3.8, 4) is 0 Å². The molecule has 0 atom stereocenters. The fourth-order valence-electron chi connectivity index (χ4n) is 2.86. The summed E-state index contributed by atoms with van der Waals surface area (Å²) in [4.78, 5) is 12.8. The molecule has 3 aromatic rings. The Hall–Kier alpha value is -2.38. The van der Waals surface area contributed by atoms with Gasteiger partial charge in [0.05, 0.1) is 21.5 Å². The third-order valence-electron chi connectivity index (χ3n) is 4.40. The summed E-state index contributed by atoms with van der Waals surface area (Å²) in [6, 6.07) is 22.3. The van der Waals surface area contributed by atoms with E-state index in [1.165, 1.54) is 22.5 Å². The highest BCUT2D eigenvalue weighted by Gasteiger charge is 2.26. The highest BCUT2D eigenvalue weighted by atomic mass is 35.5. The first-order chi connectivity index (χ1) is 14.4. The number of carbonyl (C=O) groups is 1. The molecule has 0 heterocycles. The van der Waals surface area contributed by atoms with Crippen molar-refractivity contribution in [1.29, 1.82) is 0 Å². The molecule has 30 heavy (non-hydrogen) atoms. The van der Waals surface area contributed by atoms with Gasteiger partial charge >= 0.3 is 0 Å². The molecule has 8 heteroatoms. The summed E-state index contributed by atoms with van der Waals surface area (Å²) in [5.74, 6) is -0.471. The van der Waals surface area contributed by atoms with Crippen molar-refractivity contribution in [2.75, 3.05) is 18.4 Å². The van der Waals surface area contributed by atoms with E-state index in [0.717, 1.165) is 5.56 Å². The molecular formula is C22H20Cl2N2O3S. The Kier molecular flexibility index (Phi) is 7.50. The highest BCUT2D eigenvalue weighted by molar-refractivity contribution is 7.89. The number of hydrogen-bond acceptors (Lipinski definition) is 3. The molecule has 0 spiro atoms. The Balaban J connectivity index is 1.79. The molecule has 0 saturated heterocycles. The van der Waals surface area contributed by atoms with Crippen molar-refractivity contribution >= 4 is 44.8 Å². The first kappa shape index (κ1) is 22.3. The van der Waals surface area contributed by atoms with Gasteiger partial charge in [-0.25, -0.2) is 8.42 Å². The lowest BCUT2D eigenvalue weighted by Gasteiger charge is -2.22. The number of rotatable bonds is 8. The normalized spacial score (nSPS) is 11.4. The first-order valence-electron chi connectivity index (χ1n) is 9.20. The number of nitrogens with one attached hydrogen (secondary N) is 1. The van der Waals surface area contributed by atoms with E-state index in [-0.39, 0.29) is 18.0 Å². The van der Waals surface area contributed by atoms with Gasteiger partial charge in [0, 0.05) is 12.2 Å². The third-order valence-corrected chi connectivity index (χ3v) is 7.00. The molecule has 0 saturated carbocycles. The van der Waals surface area contributed by atoms with Crippen molar-refractivity contribution in [3.63, 3.8) is 0 Å². The lowest BCUT2D eigenvalue weighted by atomic mass is 10.1. The molecule has 0 aliphatic carbocycles. The predicted octanol–water partition coefficient (Wildman–Crippen LogP) is 4.87. The second-order valence-electron chi connectivity index (χ2n) is 6.56. The number of anilines is 1. The van der Waals surface area contributed by atoms with Crippen LogP contribution in [0.5, 0.6) is 0 Å². The number of amides is 1. The Labute approximate surface area is 186 Å². The zero-order chi connectivity index (χ0) is 21.6. The maximum absolute atomic E-state index is 13.1. The van der Waals surface area contributed by atoms with Crippen LogP contribution in [0.3, 0.4) is 0 Å². The number of carbonyl (C=O) groups excluding carboxylic acids is 1. The molecule has 156 valence electrons. The Morgan fingerprint density at radius 3 is 2.13 bits per heavy atom. The average Bonchev–Trinajstić information content (AvgIpc) is 2.75. The first-order valence-corrected chi connectivity index (χ1v) is 11.4. The minimum atomic E-state index is -3.85. The zero-order valence-electron chi connectivity index (χ0n) is 16.0. The van der Waals surface area contributed by atoms with Crippen molar-refractivity contribution in [2.45, 2.75) is 11.3 Å². The fourth-order valence-corrected chi connectivity index (χ4v) is 4.57. The lowest BCUT2D eigenvalue weighted by molar-refractivity contribution is -0.116. The largest absolute Gasteiger partial charge is 0.325 e. The smallest absolute Gasteiger partial charge is 0.243 e. The maximum atomic E-state index is 13.1. The molecule has 0 fully saturated rings. The van der Waals surface area contributed by atoms with Gasteiger partial charge in [-0.2, -0.15) is 4.31 Å². The third kappa shape index (κ3) is 5.83. The molecule has 3 rings (SSSR count). The van der Waals surface area contributed by atoms with Crippen LogP contribution in [0.4, 0.5) is 5.69 Å². The second kappa shape index (κ2) is 10.1. The van der Waals surface area contributed by atoms with E-state index in [1.54, 1.807) is 30.3 Å². The van der Waals surface area contributed by atoms with Crippen LogP contribution in [-0.4, -0.2) is 31.7 Å². The quantitative estimate of drug-likeness (QED) is 0.519. The molecule has 0 aromatic heterocycles. The van der Waals surface area contributed by atoms with Crippen LogP contribution in [0.2, 0.25) is 10.0 Å². The van der Waals surface area contributed by atoms with E-state index in [9.17, 15) is 13.2 Å². The topological polar surface area (TPSA) is 66.5 Å². The molecule has 1 amide bonds. The summed E-state index contributed by atoms with van der Waals surface area (Å²) in [5, 5.41) is 3.34. The van der Waals surface area contributed by atoms with E-state index in [4.69, 9.17) is 23.2 Å². The minimum absolute atomic E-state index is 0.139. The summed E-state index contributed by atoms with van der Waals surface area (Å²) >= 11 is 11.9. The highest BCUT2D eigenvalue weighted by Crippen LogP contribution is 2.25. The van der Waals surface area contributed by atoms with Crippen LogP contribution in [0.15, 0.2) is 83.8 Å². The molecule has 0 aliphatic rings. The van der Waals surface area contributed by atoms with Gasteiger partial charge in [0.2, 0.25) is 15.9 Å². The van der Waals surface area contributed by atoms with Crippen molar-refractivity contribution in [3.05, 3.63) is 94.5 Å². The van der Waals surface area contributed by atoms with E-state index < -0.39 is 15.9 Å². The lowest BCUT2D eigenvalue weighted by Crippen LogP contribution is -2.39. The van der Waals surface area contributed by atoms with E-state index in [2.05, 4.69) is 5.32 Å². The molecule has 0 bridgehead atoms. The van der Waals surface area contributed by atoms with Crippen molar-refractivity contribution in [2.24, 2.45) is 0 Å². The standard InChI is InChI=1S/C22H20Cl2N2O3S/c23-20-12-11-18(15-21(20)24)25-22(27)16-26(14-13-17-7-3-1-4-8-17)30(28,29)19-9-5-2-6-10-19/h1-12,15H,13-14,16H2,(H,25,27). The van der Waals surface area contributed by atoms with Crippen LogP contribution in [0, 0.1) is 0 Å². The molecular weight excluding hydrogens is 443 g/mol. The summed E-state index contributed by atoms with van der Waals surface area (Å²) in [5.41, 5.74) is 1.42. The van der Waals surface area contributed by atoms with Crippen LogP contribution in [0.25, 0.3) is 0 Å². The van der Waals surface area contributed by atoms with Gasteiger partial charge in [-0.1, -0.05) is 71.7 Å². The number of halogens is 2. The van der Waals surface area contributed by atoms with E-state index in [1.807, 2.05) is 30.3 Å². The Bertz CT molecular complexity index is 1110. The van der Waals surface area contributed by atoms with Crippen molar-refractivity contribution in [1.82, 2.24) is 4.31 Å². The van der Waals surface area contributed by atoms with E-state index in [0.29, 0.717) is 22.2 Å². The number of benzene rings is 3. The van der Waals surface area contributed by atoms with Gasteiger partial charge < -0.3 is 5.32 Å². The average molecular weight is 463 g/mol. The van der Waals surface area contributed by atoms with E-state index >= 15 is 0 Å². The predicted molar refractivity (Wildman–Crippen MR) is 120 cm³/mol. The minimum Gasteiger partial charge on any atom is -0.325 e. The molecule has 0 unspecified atom stereocenters. The van der Waals surface area contributed by atoms with Crippen LogP contribution >= 0.6 is 23.2 Å². The van der Waals surface area contributed by atoms with Gasteiger partial charge in [-0.15, -0.1) is 0 Å². The summed E-state index contributed by atoms with van der Waals surface area (Å²) in [6.45, 7) is -0.166. The van der Waals surface area contributed by atoms with Crippen LogP contribution < -0.4 is 5.32 Å². The molecule has 3 aromatic carbocycles. The second-order valence-corrected chi connectivity index (χ2v) is 9.32. The maximum Gasteiger partial charge on any atom is 0.243 e. The molecule has 0 radical (unpaired) electrons. The molecule has 5 nitrogen and oxygen atoms in total. The number of nitrogens with zero attached hydrogens (tertiary/aromatic N) is 1. The van der Waals surface area contributed by atoms with Gasteiger partial charge in [0.15, 0.2) is 0 Å². The van der Waals surface area contributed by atoms with Crippen LogP contribution in [-0.2, 0) is 21.2 Å².